The fourth-order valence-electron chi connectivity index (χ4n) is 2.39. The van der Waals surface area contributed by atoms with Crippen LogP contribution in [0.15, 0.2) is 46.0 Å². The Balaban J connectivity index is 1.98. The van der Waals surface area contributed by atoms with E-state index >= 15 is 0 Å². The summed E-state index contributed by atoms with van der Waals surface area (Å²) in [6.45, 7) is -0.222. The average molecular weight is 389 g/mol. The molecule has 0 saturated heterocycles. The van der Waals surface area contributed by atoms with E-state index in [1.165, 1.54) is 24.3 Å². The first kappa shape index (κ1) is 18.0. The summed E-state index contributed by atoms with van der Waals surface area (Å²) in [7, 11) is 0. The summed E-state index contributed by atoms with van der Waals surface area (Å²) < 4.78 is 54.9. The van der Waals surface area contributed by atoms with Crippen LogP contribution in [0.3, 0.4) is 0 Å². The largest absolute Gasteiger partial charge is 0.573 e. The fourth-order valence-corrected chi connectivity index (χ4v) is 2.54. The normalized spacial score (nSPS) is 11.7. The van der Waals surface area contributed by atoms with Gasteiger partial charge >= 0.3 is 12.1 Å². The predicted molar refractivity (Wildman–Crippen MR) is 86.0 cm³/mol. The van der Waals surface area contributed by atoms with Gasteiger partial charge in [0, 0.05) is 0 Å². The van der Waals surface area contributed by atoms with E-state index in [0.29, 0.717) is 5.56 Å². The van der Waals surface area contributed by atoms with Gasteiger partial charge in [0.05, 0.1) is 22.5 Å². The van der Waals surface area contributed by atoms with Crippen LogP contribution in [-0.2, 0) is 6.54 Å². The van der Waals surface area contributed by atoms with Crippen LogP contribution in [0.1, 0.15) is 5.56 Å². The van der Waals surface area contributed by atoms with E-state index in [2.05, 4.69) is 9.72 Å². The number of nitrogens with zero attached hydrogens (tertiary/aromatic N) is 1. The monoisotopic (exact) mass is 388 g/mol. The Hall–Kier alpha value is -2.81. The summed E-state index contributed by atoms with van der Waals surface area (Å²) in [5, 5.41) is -0.325. The van der Waals surface area contributed by atoms with Crippen LogP contribution in [0, 0.1) is 5.82 Å². The van der Waals surface area contributed by atoms with Gasteiger partial charge in [-0.3, -0.25) is 9.36 Å². The maximum Gasteiger partial charge on any atom is 0.573 e. The first-order valence-corrected chi connectivity index (χ1v) is 7.49. The molecule has 0 atom stereocenters. The van der Waals surface area contributed by atoms with Crippen molar-refractivity contribution < 1.29 is 22.3 Å². The predicted octanol–water partition coefficient (Wildman–Crippen LogP) is 3.43. The molecule has 1 aromatic heterocycles. The van der Waals surface area contributed by atoms with Crippen LogP contribution in [-0.4, -0.2) is 15.9 Å². The van der Waals surface area contributed by atoms with E-state index in [1.807, 2.05) is 0 Å². The van der Waals surface area contributed by atoms with Crippen molar-refractivity contribution in [3.8, 4) is 5.75 Å². The molecule has 1 N–H and O–H groups in total. The standard InChI is InChI=1S/C16H9ClF4N2O3/c17-11-6-5-10-13(12(11)18)22-15(25)23(14(10)24)7-8-1-3-9(4-2-8)26-16(19,20)21/h1-6H,7H2,(H,22,25). The number of H-pyrrole nitrogens is 1. The molecule has 0 aliphatic heterocycles. The minimum absolute atomic E-state index is 0.0801. The molecule has 0 radical (unpaired) electrons. The second-order valence-electron chi connectivity index (χ2n) is 5.30. The Bertz CT molecular complexity index is 1090. The molecule has 0 fully saturated rings. The van der Waals surface area contributed by atoms with Crippen molar-refractivity contribution in [2.24, 2.45) is 0 Å². The quantitative estimate of drug-likeness (QED) is 0.699. The molecule has 5 nitrogen and oxygen atoms in total. The van der Waals surface area contributed by atoms with Crippen molar-refractivity contribution in [3.63, 3.8) is 0 Å². The Kier molecular flexibility index (Phi) is 4.49. The molecule has 3 rings (SSSR count). The van der Waals surface area contributed by atoms with Gasteiger partial charge in [-0.1, -0.05) is 23.7 Å². The lowest BCUT2D eigenvalue weighted by atomic mass is 10.2. The van der Waals surface area contributed by atoms with Crippen molar-refractivity contribution in [2.75, 3.05) is 0 Å². The minimum atomic E-state index is -4.82. The van der Waals surface area contributed by atoms with Gasteiger partial charge in [0.1, 0.15) is 5.75 Å². The average Bonchev–Trinajstić information content (AvgIpc) is 2.55. The third-order valence-electron chi connectivity index (χ3n) is 3.55. The second kappa shape index (κ2) is 6.49. The molecule has 0 aliphatic carbocycles. The molecule has 0 unspecified atom stereocenters. The number of halogens is 5. The fraction of sp³-hybridized carbons (Fsp3) is 0.125. The lowest BCUT2D eigenvalue weighted by molar-refractivity contribution is -0.274. The molecule has 0 aliphatic rings. The number of alkyl halides is 3. The number of aromatic nitrogens is 2. The topological polar surface area (TPSA) is 64.1 Å². The van der Waals surface area contributed by atoms with Gasteiger partial charge in [-0.05, 0) is 29.8 Å². The number of hydrogen-bond acceptors (Lipinski definition) is 3. The molecule has 0 bridgehead atoms. The van der Waals surface area contributed by atoms with Crippen molar-refractivity contribution in [2.45, 2.75) is 12.9 Å². The zero-order valence-electron chi connectivity index (χ0n) is 12.7. The first-order valence-electron chi connectivity index (χ1n) is 7.11. The van der Waals surface area contributed by atoms with Crippen LogP contribution >= 0.6 is 11.6 Å². The van der Waals surface area contributed by atoms with Crippen molar-refractivity contribution >= 4 is 22.5 Å². The Morgan fingerprint density at radius 1 is 1.08 bits per heavy atom. The summed E-state index contributed by atoms with van der Waals surface area (Å²) in [6.07, 6.45) is -4.82. The molecule has 0 spiro atoms. The van der Waals surface area contributed by atoms with Gasteiger partial charge in [0.25, 0.3) is 5.56 Å². The number of ether oxygens (including phenoxy) is 1. The van der Waals surface area contributed by atoms with Gasteiger partial charge in [0.2, 0.25) is 0 Å². The molecular formula is C16H9ClF4N2O3. The number of aromatic amines is 1. The highest BCUT2D eigenvalue weighted by atomic mass is 35.5. The summed E-state index contributed by atoms with van der Waals surface area (Å²) in [5.74, 6) is -1.35. The molecule has 3 aromatic rings. The van der Waals surface area contributed by atoms with Crippen LogP contribution < -0.4 is 16.0 Å². The Morgan fingerprint density at radius 2 is 1.73 bits per heavy atom. The van der Waals surface area contributed by atoms with E-state index in [9.17, 15) is 27.2 Å². The maximum atomic E-state index is 13.9. The number of benzene rings is 2. The lowest BCUT2D eigenvalue weighted by Crippen LogP contribution is -2.35. The molecule has 26 heavy (non-hydrogen) atoms. The lowest BCUT2D eigenvalue weighted by Gasteiger charge is -2.10. The maximum absolute atomic E-state index is 13.9. The molecule has 2 aromatic carbocycles. The number of rotatable bonds is 3. The molecule has 136 valence electrons. The van der Waals surface area contributed by atoms with Crippen LogP contribution in [0.5, 0.6) is 5.75 Å². The van der Waals surface area contributed by atoms with E-state index in [1.54, 1.807) is 0 Å². The smallest absolute Gasteiger partial charge is 0.406 e. The SMILES string of the molecule is O=c1[nH]c2c(F)c(Cl)ccc2c(=O)n1Cc1ccc(OC(F)(F)F)cc1. The summed E-state index contributed by atoms with van der Waals surface area (Å²) in [5.41, 5.74) is -1.56. The zero-order chi connectivity index (χ0) is 19.1. The van der Waals surface area contributed by atoms with Gasteiger partial charge in [0.15, 0.2) is 5.82 Å². The second-order valence-corrected chi connectivity index (χ2v) is 5.70. The van der Waals surface area contributed by atoms with E-state index in [-0.39, 0.29) is 22.5 Å². The minimum Gasteiger partial charge on any atom is -0.406 e. The highest BCUT2D eigenvalue weighted by molar-refractivity contribution is 6.31. The van der Waals surface area contributed by atoms with E-state index in [4.69, 9.17) is 11.6 Å². The van der Waals surface area contributed by atoms with Crippen molar-refractivity contribution in [1.29, 1.82) is 0 Å². The van der Waals surface area contributed by atoms with Crippen LogP contribution in [0.2, 0.25) is 5.02 Å². The summed E-state index contributed by atoms with van der Waals surface area (Å²) >= 11 is 5.62. The van der Waals surface area contributed by atoms with Crippen molar-refractivity contribution in [3.05, 3.63) is 73.6 Å². The molecule has 1 heterocycles. The molecular weight excluding hydrogens is 380 g/mol. The van der Waals surface area contributed by atoms with Gasteiger partial charge in [-0.2, -0.15) is 0 Å². The third-order valence-corrected chi connectivity index (χ3v) is 3.84. The molecule has 0 saturated carbocycles. The first-order chi connectivity index (χ1) is 12.2. The highest BCUT2D eigenvalue weighted by Crippen LogP contribution is 2.23. The molecule has 0 amide bonds. The van der Waals surface area contributed by atoms with E-state index in [0.717, 1.165) is 16.7 Å². The Morgan fingerprint density at radius 3 is 2.35 bits per heavy atom. The number of fused-ring (bicyclic) bond motifs is 1. The summed E-state index contributed by atoms with van der Waals surface area (Å²) in [6, 6.07) is 7.13. The van der Waals surface area contributed by atoms with Crippen LogP contribution in [0.4, 0.5) is 17.6 Å². The number of hydrogen-bond donors (Lipinski definition) is 1. The Labute approximate surface area is 147 Å². The molecule has 10 heteroatoms. The summed E-state index contributed by atoms with van der Waals surface area (Å²) in [4.78, 5) is 26.8. The highest BCUT2D eigenvalue weighted by Gasteiger charge is 2.30. The van der Waals surface area contributed by atoms with E-state index < -0.39 is 29.2 Å². The van der Waals surface area contributed by atoms with Gasteiger partial charge in [-0.25, -0.2) is 9.18 Å². The van der Waals surface area contributed by atoms with Gasteiger partial charge < -0.3 is 9.72 Å². The number of nitrogens with one attached hydrogen (secondary N) is 1. The van der Waals surface area contributed by atoms with Gasteiger partial charge in [-0.15, -0.1) is 13.2 Å². The van der Waals surface area contributed by atoms with Crippen LogP contribution in [0.25, 0.3) is 10.9 Å². The zero-order valence-corrected chi connectivity index (χ0v) is 13.5. The van der Waals surface area contributed by atoms with Crippen molar-refractivity contribution in [1.82, 2.24) is 9.55 Å². The third kappa shape index (κ3) is 3.57.